The molecule has 9 nitrogen and oxygen atoms in total. The van der Waals surface area contributed by atoms with Gasteiger partial charge in [-0.25, -0.2) is 9.59 Å². The van der Waals surface area contributed by atoms with Crippen molar-refractivity contribution >= 4 is 39.9 Å². The van der Waals surface area contributed by atoms with Crippen LogP contribution in [0.1, 0.15) is 28.8 Å². The zero-order valence-electron chi connectivity index (χ0n) is 17.5. The van der Waals surface area contributed by atoms with E-state index < -0.39 is 17.9 Å². The fourth-order valence-electron chi connectivity index (χ4n) is 2.89. The van der Waals surface area contributed by atoms with Gasteiger partial charge in [0.05, 0.1) is 20.3 Å². The van der Waals surface area contributed by atoms with Gasteiger partial charge in [-0.05, 0) is 42.8 Å². The third-order valence-corrected chi connectivity index (χ3v) is 5.03. The van der Waals surface area contributed by atoms with Crippen molar-refractivity contribution in [3.05, 3.63) is 64.2 Å². The van der Waals surface area contributed by atoms with Gasteiger partial charge in [0.2, 0.25) is 5.76 Å². The van der Waals surface area contributed by atoms with Gasteiger partial charge in [-0.15, -0.1) is 0 Å². The number of urea groups is 1. The van der Waals surface area contributed by atoms with Gasteiger partial charge < -0.3 is 23.9 Å². The van der Waals surface area contributed by atoms with Crippen molar-refractivity contribution in [2.24, 2.45) is 0 Å². The van der Waals surface area contributed by atoms with E-state index in [-0.39, 0.29) is 23.8 Å². The molecule has 1 aliphatic rings. The van der Waals surface area contributed by atoms with Gasteiger partial charge in [0.1, 0.15) is 18.1 Å². The van der Waals surface area contributed by atoms with Gasteiger partial charge in [0, 0.05) is 4.47 Å². The zero-order valence-corrected chi connectivity index (χ0v) is 19.1. The summed E-state index contributed by atoms with van der Waals surface area (Å²) in [7, 11) is 1.23. The minimum atomic E-state index is -0.649. The minimum Gasteiger partial charge on any atom is -0.490 e. The molecule has 0 radical (unpaired) electrons. The molecule has 1 aliphatic heterocycles. The first-order valence-electron chi connectivity index (χ1n) is 9.59. The summed E-state index contributed by atoms with van der Waals surface area (Å²) in [6.07, 6.45) is 3.15. The fraction of sp³-hybridized carbons (Fsp3) is 0.227. The quantitative estimate of drug-likeness (QED) is 0.239. The molecule has 32 heavy (non-hydrogen) atoms. The van der Waals surface area contributed by atoms with E-state index in [1.165, 1.54) is 25.3 Å². The van der Waals surface area contributed by atoms with Crippen LogP contribution in [-0.2, 0) is 16.1 Å². The van der Waals surface area contributed by atoms with E-state index >= 15 is 0 Å². The Bertz CT molecular complexity index is 1090. The average molecular weight is 505 g/mol. The number of carbonyl (C=O) groups excluding carboxylic acids is 3. The molecule has 2 heterocycles. The molecule has 0 spiro atoms. The molecule has 3 amide bonds. The third-order valence-electron chi connectivity index (χ3n) is 4.34. The van der Waals surface area contributed by atoms with Gasteiger partial charge in [-0.1, -0.05) is 28.6 Å². The minimum absolute atomic E-state index is 0.0172. The van der Waals surface area contributed by atoms with E-state index in [0.29, 0.717) is 34.7 Å². The Morgan fingerprint density at radius 3 is 2.69 bits per heavy atom. The van der Waals surface area contributed by atoms with Crippen LogP contribution in [0.4, 0.5) is 4.79 Å². The lowest BCUT2D eigenvalue weighted by Crippen LogP contribution is -2.30. The van der Waals surface area contributed by atoms with Crippen LogP contribution in [0.25, 0.3) is 6.08 Å². The summed E-state index contributed by atoms with van der Waals surface area (Å²) in [4.78, 5) is 37.7. The second-order valence-electron chi connectivity index (χ2n) is 6.49. The lowest BCUT2D eigenvalue weighted by Gasteiger charge is -2.13. The molecule has 3 rings (SSSR count). The molecule has 1 N–H and O–H groups in total. The first-order chi connectivity index (χ1) is 15.4. The fourth-order valence-corrected chi connectivity index (χ4v) is 3.33. The highest BCUT2D eigenvalue weighted by Gasteiger charge is 2.34. The van der Waals surface area contributed by atoms with Crippen LogP contribution < -0.4 is 14.8 Å². The summed E-state index contributed by atoms with van der Waals surface area (Å²) in [5.41, 5.74) is 0.688. The number of imide groups is 1. The van der Waals surface area contributed by atoms with E-state index in [0.717, 1.165) is 4.90 Å². The van der Waals surface area contributed by atoms with Gasteiger partial charge in [0.15, 0.2) is 11.5 Å². The molecular weight excluding hydrogens is 484 g/mol. The number of nitrogens with one attached hydrogen (secondary N) is 1. The van der Waals surface area contributed by atoms with Crippen LogP contribution in [0.5, 0.6) is 11.5 Å². The van der Waals surface area contributed by atoms with Crippen molar-refractivity contribution in [2.75, 3.05) is 20.3 Å². The predicted octanol–water partition coefficient (Wildman–Crippen LogP) is 3.89. The third kappa shape index (κ3) is 5.02. The van der Waals surface area contributed by atoms with Gasteiger partial charge >= 0.3 is 12.0 Å². The number of ether oxygens (including phenoxy) is 3. The van der Waals surface area contributed by atoms with E-state index in [2.05, 4.69) is 32.6 Å². The molecule has 1 saturated heterocycles. The number of halogens is 1. The summed E-state index contributed by atoms with van der Waals surface area (Å²) in [6, 6.07) is 5.73. The maximum Gasteiger partial charge on any atom is 0.373 e. The molecule has 1 aromatic carbocycles. The smallest absolute Gasteiger partial charge is 0.373 e. The van der Waals surface area contributed by atoms with Crippen LogP contribution in [0.2, 0.25) is 0 Å². The first kappa shape index (κ1) is 23.1. The topological polar surface area (TPSA) is 107 Å². The monoisotopic (exact) mass is 504 g/mol. The molecule has 2 aromatic rings. The number of esters is 1. The second-order valence-corrected chi connectivity index (χ2v) is 7.34. The van der Waals surface area contributed by atoms with E-state index in [1.54, 1.807) is 18.2 Å². The van der Waals surface area contributed by atoms with Gasteiger partial charge in [-0.2, -0.15) is 0 Å². The number of carbonyl (C=O) groups is 3. The Morgan fingerprint density at radius 1 is 1.25 bits per heavy atom. The van der Waals surface area contributed by atoms with Crippen LogP contribution in [0.15, 0.2) is 51.5 Å². The van der Waals surface area contributed by atoms with Crippen LogP contribution in [0.3, 0.4) is 0 Å². The molecule has 1 aromatic heterocycles. The number of nitrogens with zero attached hydrogens (tertiary/aromatic N) is 1. The summed E-state index contributed by atoms with van der Waals surface area (Å²) in [6.45, 7) is 6.06. The van der Waals surface area contributed by atoms with E-state index in [4.69, 9.17) is 13.9 Å². The van der Waals surface area contributed by atoms with Gasteiger partial charge in [0.25, 0.3) is 5.91 Å². The van der Waals surface area contributed by atoms with Crippen molar-refractivity contribution in [2.45, 2.75) is 13.5 Å². The van der Waals surface area contributed by atoms with Crippen molar-refractivity contribution < 1.29 is 33.0 Å². The Balaban J connectivity index is 1.83. The summed E-state index contributed by atoms with van der Waals surface area (Å²) >= 11 is 3.46. The Morgan fingerprint density at radius 2 is 2.00 bits per heavy atom. The molecular formula is C22H21BrN2O7. The number of benzene rings is 1. The highest BCUT2D eigenvalue weighted by atomic mass is 79.9. The van der Waals surface area contributed by atoms with Crippen molar-refractivity contribution in [3.8, 4) is 11.5 Å². The number of rotatable bonds is 9. The second kappa shape index (κ2) is 10.2. The standard InChI is InChI=1S/C22H21BrN2O7/c1-4-8-31-19-11-15(23)13(10-18(19)30-5-2)9-16-20(26)25(22(28)24-16)12-14-6-7-17(32-14)21(27)29-3/h4,6-7,9-11H,1,5,8,12H2,2-3H3,(H,24,28)/b16-9-. The number of methoxy groups -OCH3 is 1. The molecule has 0 unspecified atom stereocenters. The van der Waals surface area contributed by atoms with Crippen LogP contribution in [-0.4, -0.2) is 43.1 Å². The number of hydrogen-bond acceptors (Lipinski definition) is 7. The summed E-state index contributed by atoms with van der Waals surface area (Å²) < 4.78 is 21.8. The lowest BCUT2D eigenvalue weighted by molar-refractivity contribution is -0.123. The molecule has 0 atom stereocenters. The largest absolute Gasteiger partial charge is 0.490 e. The predicted molar refractivity (Wildman–Crippen MR) is 118 cm³/mol. The summed E-state index contributed by atoms with van der Waals surface area (Å²) in [5, 5.41) is 2.55. The van der Waals surface area contributed by atoms with Gasteiger partial charge in [-0.3, -0.25) is 9.69 Å². The molecule has 0 saturated carbocycles. The molecule has 10 heteroatoms. The zero-order chi connectivity index (χ0) is 23.3. The maximum absolute atomic E-state index is 12.8. The van der Waals surface area contributed by atoms with Crippen molar-refractivity contribution in [1.29, 1.82) is 0 Å². The Hall–Kier alpha value is -3.53. The highest BCUT2D eigenvalue weighted by Crippen LogP contribution is 2.35. The first-order valence-corrected chi connectivity index (χ1v) is 10.4. The van der Waals surface area contributed by atoms with Crippen LogP contribution >= 0.6 is 15.9 Å². The number of amides is 3. The van der Waals surface area contributed by atoms with E-state index in [1.807, 2.05) is 6.92 Å². The lowest BCUT2D eigenvalue weighted by atomic mass is 10.1. The van der Waals surface area contributed by atoms with E-state index in [9.17, 15) is 14.4 Å². The molecule has 1 fully saturated rings. The normalized spacial score (nSPS) is 14.5. The highest BCUT2D eigenvalue weighted by molar-refractivity contribution is 9.10. The molecule has 0 aliphatic carbocycles. The SMILES string of the molecule is C=CCOc1cc(Br)c(/C=C2\NC(=O)N(Cc3ccc(C(=O)OC)o3)C2=O)cc1OCC. The Labute approximate surface area is 192 Å². The Kier molecular flexibility index (Phi) is 7.37. The number of furan rings is 1. The maximum atomic E-state index is 12.8. The molecule has 168 valence electrons. The van der Waals surface area contributed by atoms with Crippen molar-refractivity contribution in [1.82, 2.24) is 10.2 Å². The summed E-state index contributed by atoms with van der Waals surface area (Å²) in [5.74, 6) is 0.0647. The van der Waals surface area contributed by atoms with Crippen LogP contribution in [0, 0.1) is 0 Å². The van der Waals surface area contributed by atoms with Crippen molar-refractivity contribution in [3.63, 3.8) is 0 Å². The number of hydrogen-bond donors (Lipinski definition) is 1. The average Bonchev–Trinajstić information content (AvgIpc) is 3.35. The molecule has 0 bridgehead atoms.